The van der Waals surface area contributed by atoms with Crippen molar-refractivity contribution in [3.63, 3.8) is 0 Å². The zero-order valence-electron chi connectivity index (χ0n) is 18.7. The Labute approximate surface area is 188 Å². The van der Waals surface area contributed by atoms with Gasteiger partial charge in [-0.1, -0.05) is 25.4 Å². The van der Waals surface area contributed by atoms with Crippen molar-refractivity contribution in [1.29, 1.82) is 0 Å². The molecule has 3 aliphatic rings. The molecule has 2 saturated heterocycles. The molecule has 0 unspecified atom stereocenters. The molecule has 1 aromatic rings. The van der Waals surface area contributed by atoms with Gasteiger partial charge in [-0.25, -0.2) is 0 Å². The van der Waals surface area contributed by atoms with Crippen LogP contribution < -0.4 is 4.74 Å². The van der Waals surface area contributed by atoms with Crippen LogP contribution in [0, 0.1) is 17.3 Å². The van der Waals surface area contributed by atoms with E-state index in [4.69, 9.17) is 26.2 Å². The van der Waals surface area contributed by atoms with Crippen molar-refractivity contribution in [2.24, 2.45) is 17.3 Å². The van der Waals surface area contributed by atoms with E-state index in [2.05, 4.69) is 13.8 Å². The molecule has 3 heterocycles. The van der Waals surface area contributed by atoms with Crippen molar-refractivity contribution < 1.29 is 24.2 Å². The highest BCUT2D eigenvalue weighted by Gasteiger charge is 2.51. The van der Waals surface area contributed by atoms with E-state index in [1.807, 2.05) is 36.9 Å². The number of ether oxygens (including phenoxy) is 2. The van der Waals surface area contributed by atoms with Crippen LogP contribution in [0.2, 0.25) is 5.02 Å². The van der Waals surface area contributed by atoms with Gasteiger partial charge in [-0.2, -0.15) is 0 Å². The third kappa shape index (κ3) is 4.56. The number of fused-ring (bicyclic) bond motifs is 4. The molecule has 1 aromatic carbocycles. The smallest absolute Gasteiger partial charge is 0.303 e. The fraction of sp³-hybridized carbons (Fsp3) is 0.667. The molecule has 3 aliphatic heterocycles. The van der Waals surface area contributed by atoms with E-state index in [0.29, 0.717) is 18.1 Å². The van der Waals surface area contributed by atoms with Gasteiger partial charge < -0.3 is 19.5 Å². The molecule has 0 aromatic heterocycles. The Kier molecular flexibility index (Phi) is 5.76. The lowest BCUT2D eigenvalue weighted by Gasteiger charge is -2.53. The van der Waals surface area contributed by atoms with E-state index in [1.165, 1.54) is 0 Å². The number of benzene rings is 1. The lowest BCUT2D eigenvalue weighted by molar-refractivity contribution is -0.189. The second-order valence-electron chi connectivity index (χ2n) is 10.6. The summed E-state index contributed by atoms with van der Waals surface area (Å²) >= 11 is 6.26. The average Bonchev–Trinajstić information content (AvgIpc) is 2.65. The summed E-state index contributed by atoms with van der Waals surface area (Å²) in [5.74, 6) is 0.400. The van der Waals surface area contributed by atoms with Crippen LogP contribution in [0.3, 0.4) is 0 Å². The highest BCUT2D eigenvalue weighted by Crippen LogP contribution is 2.53. The van der Waals surface area contributed by atoms with Gasteiger partial charge in [0.1, 0.15) is 11.4 Å². The van der Waals surface area contributed by atoms with Crippen LogP contribution in [0.1, 0.15) is 65.0 Å². The van der Waals surface area contributed by atoms with Crippen LogP contribution in [-0.2, 0) is 14.3 Å². The van der Waals surface area contributed by atoms with Crippen LogP contribution in [0.25, 0.3) is 0 Å². The van der Waals surface area contributed by atoms with Gasteiger partial charge in [0.2, 0.25) is 5.91 Å². The topological polar surface area (TPSA) is 76.1 Å². The number of aliphatic carboxylic acids is 1. The number of carbonyl (C=O) groups excluding carboxylic acids is 1. The fourth-order valence-corrected chi connectivity index (χ4v) is 5.68. The van der Waals surface area contributed by atoms with Gasteiger partial charge >= 0.3 is 5.97 Å². The second-order valence-corrected chi connectivity index (χ2v) is 11.1. The van der Waals surface area contributed by atoms with Gasteiger partial charge in [0, 0.05) is 41.9 Å². The number of carbonyl (C=O) groups is 2. The predicted octanol–water partition coefficient (Wildman–Crippen LogP) is 4.70. The van der Waals surface area contributed by atoms with Crippen LogP contribution in [-0.4, -0.2) is 46.7 Å². The quantitative estimate of drug-likeness (QED) is 0.721. The van der Waals surface area contributed by atoms with Gasteiger partial charge in [0.25, 0.3) is 0 Å². The van der Waals surface area contributed by atoms with Crippen molar-refractivity contribution in [2.75, 3.05) is 13.1 Å². The van der Waals surface area contributed by atoms with Crippen LogP contribution in [0.15, 0.2) is 18.2 Å². The first-order chi connectivity index (χ1) is 14.4. The van der Waals surface area contributed by atoms with Crippen molar-refractivity contribution in [3.8, 4) is 5.75 Å². The minimum absolute atomic E-state index is 0.0149. The van der Waals surface area contributed by atoms with Crippen LogP contribution >= 0.6 is 11.6 Å². The summed E-state index contributed by atoms with van der Waals surface area (Å²) in [5, 5.41) is 9.79. The van der Waals surface area contributed by atoms with Gasteiger partial charge in [-0.05, 0) is 50.3 Å². The lowest BCUT2D eigenvalue weighted by Crippen LogP contribution is -2.56. The van der Waals surface area contributed by atoms with Crippen LogP contribution in [0.4, 0.5) is 0 Å². The van der Waals surface area contributed by atoms with E-state index < -0.39 is 11.4 Å². The molecule has 0 spiro atoms. The number of carboxylic acid groups (broad SMARTS) is 1. The fourth-order valence-electron chi connectivity index (χ4n) is 5.50. The number of amides is 1. The standard InChI is InChI=1S/C24H32ClNO5/c1-23(2,12-21(28)29)11-20(27)26-8-7-18-14(13-26)9-17-22(30-18)16-10-15(25)5-6-19(16)31-24(17,3)4/h5-6,10,14,17-18,22H,7-9,11-13H2,1-4H3,(H,28,29)/t14-,17+,18+,22-/m0/s1. The highest BCUT2D eigenvalue weighted by atomic mass is 35.5. The number of halogens is 1. The van der Waals surface area contributed by atoms with E-state index >= 15 is 0 Å². The number of hydrogen-bond acceptors (Lipinski definition) is 4. The summed E-state index contributed by atoms with van der Waals surface area (Å²) in [4.78, 5) is 25.9. The lowest BCUT2D eigenvalue weighted by atomic mass is 9.70. The highest BCUT2D eigenvalue weighted by molar-refractivity contribution is 6.30. The number of carboxylic acids is 1. The first kappa shape index (κ1) is 22.4. The Morgan fingerprint density at radius 3 is 2.74 bits per heavy atom. The zero-order valence-corrected chi connectivity index (χ0v) is 19.4. The number of rotatable bonds is 4. The molecule has 2 fully saturated rings. The van der Waals surface area contributed by atoms with Crippen molar-refractivity contribution in [2.45, 2.75) is 71.2 Å². The van der Waals surface area contributed by atoms with E-state index in [1.54, 1.807) is 0 Å². The van der Waals surface area contributed by atoms with Crippen LogP contribution in [0.5, 0.6) is 5.75 Å². The Morgan fingerprint density at radius 2 is 2.03 bits per heavy atom. The predicted molar refractivity (Wildman–Crippen MR) is 117 cm³/mol. The minimum atomic E-state index is -0.872. The van der Waals surface area contributed by atoms with Gasteiger partial charge in [-0.3, -0.25) is 9.59 Å². The van der Waals surface area contributed by atoms with E-state index in [-0.39, 0.29) is 48.4 Å². The maximum atomic E-state index is 12.9. The third-order valence-electron chi connectivity index (χ3n) is 7.06. The van der Waals surface area contributed by atoms with Gasteiger partial charge in [0.15, 0.2) is 0 Å². The van der Waals surface area contributed by atoms with Crippen molar-refractivity contribution in [1.82, 2.24) is 4.90 Å². The normalized spacial score (nSPS) is 29.3. The molecule has 7 heteroatoms. The summed E-state index contributed by atoms with van der Waals surface area (Å²) in [5.41, 5.74) is 0.0757. The number of nitrogens with zero attached hydrogens (tertiary/aromatic N) is 1. The van der Waals surface area contributed by atoms with Crippen molar-refractivity contribution in [3.05, 3.63) is 28.8 Å². The summed E-state index contributed by atoms with van der Waals surface area (Å²) in [6.07, 6.45) is 1.96. The zero-order chi connectivity index (χ0) is 22.6. The third-order valence-corrected chi connectivity index (χ3v) is 7.30. The van der Waals surface area contributed by atoms with Gasteiger partial charge in [0.05, 0.1) is 18.6 Å². The molecule has 1 amide bonds. The first-order valence-corrected chi connectivity index (χ1v) is 11.5. The van der Waals surface area contributed by atoms with Crippen molar-refractivity contribution >= 4 is 23.5 Å². The first-order valence-electron chi connectivity index (χ1n) is 11.1. The molecular weight excluding hydrogens is 418 g/mol. The maximum absolute atomic E-state index is 12.9. The minimum Gasteiger partial charge on any atom is -0.487 e. The Hall–Kier alpha value is -1.79. The molecule has 6 nitrogen and oxygen atoms in total. The summed E-state index contributed by atoms with van der Waals surface area (Å²) in [7, 11) is 0. The monoisotopic (exact) mass is 449 g/mol. The van der Waals surface area contributed by atoms with E-state index in [0.717, 1.165) is 24.2 Å². The SMILES string of the molecule is CC(C)(CC(=O)O)CC(=O)N1CC[C@H]2O[C@H]3c4cc(Cl)ccc4OC(C)(C)[C@@H]3C[C@H]2C1. The summed E-state index contributed by atoms with van der Waals surface area (Å²) in [6, 6.07) is 5.72. The molecule has 31 heavy (non-hydrogen) atoms. The van der Waals surface area contributed by atoms with E-state index in [9.17, 15) is 9.59 Å². The summed E-state index contributed by atoms with van der Waals surface area (Å²) < 4.78 is 13.0. The Balaban J connectivity index is 1.48. The molecule has 0 bridgehead atoms. The molecule has 0 aliphatic carbocycles. The molecule has 170 valence electrons. The molecule has 0 saturated carbocycles. The number of hydrogen-bond donors (Lipinski definition) is 1. The average molecular weight is 450 g/mol. The Morgan fingerprint density at radius 1 is 1.29 bits per heavy atom. The molecule has 4 atom stereocenters. The Bertz CT molecular complexity index is 883. The maximum Gasteiger partial charge on any atom is 0.303 e. The largest absolute Gasteiger partial charge is 0.487 e. The second kappa shape index (κ2) is 7.96. The molecule has 4 rings (SSSR count). The molecule has 0 radical (unpaired) electrons. The number of piperidine rings is 1. The van der Waals surface area contributed by atoms with Gasteiger partial charge in [-0.15, -0.1) is 0 Å². The molecular formula is C24H32ClNO5. The number of likely N-dealkylation sites (tertiary alicyclic amines) is 1. The molecule has 1 N–H and O–H groups in total. The summed E-state index contributed by atoms with van der Waals surface area (Å²) in [6.45, 7) is 9.17.